The molecule has 1 aliphatic rings. The molecule has 0 spiro atoms. The Kier molecular flexibility index (Phi) is 4.80. The first-order valence-electron chi connectivity index (χ1n) is 6.87. The minimum absolute atomic E-state index is 0.0373. The van der Waals surface area contributed by atoms with Crippen molar-refractivity contribution in [3.63, 3.8) is 0 Å². The van der Waals surface area contributed by atoms with E-state index in [2.05, 4.69) is 5.32 Å². The predicted octanol–water partition coefficient (Wildman–Crippen LogP) is 2.28. The van der Waals surface area contributed by atoms with Gasteiger partial charge in [0.25, 0.3) is 0 Å². The van der Waals surface area contributed by atoms with Crippen molar-refractivity contribution in [2.24, 2.45) is 5.92 Å². The zero-order valence-electron chi connectivity index (χ0n) is 11.6. The Morgan fingerprint density at radius 1 is 1.32 bits per heavy atom. The van der Waals surface area contributed by atoms with Crippen LogP contribution in [0.15, 0.2) is 18.2 Å². The summed E-state index contributed by atoms with van der Waals surface area (Å²) in [7, 11) is 0. The maximum atomic E-state index is 12.3. The van der Waals surface area contributed by atoms with E-state index in [0.29, 0.717) is 31.1 Å². The van der Waals surface area contributed by atoms with Gasteiger partial charge >= 0.3 is 0 Å². The van der Waals surface area contributed by atoms with E-state index in [1.165, 1.54) is 0 Å². The summed E-state index contributed by atoms with van der Waals surface area (Å²) in [4.78, 5) is 12.3. The van der Waals surface area contributed by atoms with Crippen LogP contribution in [0.3, 0.4) is 0 Å². The number of fused-ring (bicyclic) bond motifs is 1. The standard InChI is InChI=1S/C15H21NO3/c1-3-16-10-11(2)15(17)12-5-6-13-14(9-12)19-8-4-7-18-13/h5-6,9,11,16H,3-4,7-8,10H2,1-2H3. The first-order chi connectivity index (χ1) is 9.22. The normalized spacial score (nSPS) is 15.7. The van der Waals surface area contributed by atoms with Crippen LogP contribution < -0.4 is 14.8 Å². The fourth-order valence-corrected chi connectivity index (χ4v) is 2.05. The summed E-state index contributed by atoms with van der Waals surface area (Å²) in [5.41, 5.74) is 0.689. The van der Waals surface area contributed by atoms with Crippen LogP contribution in [-0.4, -0.2) is 32.1 Å². The van der Waals surface area contributed by atoms with Crippen molar-refractivity contribution >= 4 is 5.78 Å². The van der Waals surface area contributed by atoms with E-state index in [0.717, 1.165) is 18.7 Å². The Bertz CT molecular complexity index is 445. The molecule has 0 aromatic heterocycles. The Morgan fingerprint density at radius 2 is 2.05 bits per heavy atom. The van der Waals surface area contributed by atoms with Gasteiger partial charge in [0.1, 0.15) is 0 Å². The van der Waals surface area contributed by atoms with Crippen molar-refractivity contribution in [3.05, 3.63) is 23.8 Å². The van der Waals surface area contributed by atoms with Gasteiger partial charge in [0.2, 0.25) is 0 Å². The van der Waals surface area contributed by atoms with E-state index in [-0.39, 0.29) is 11.7 Å². The van der Waals surface area contributed by atoms with Crippen LogP contribution in [0.4, 0.5) is 0 Å². The number of ketones is 1. The molecule has 0 aliphatic carbocycles. The van der Waals surface area contributed by atoms with Crippen molar-refractivity contribution in [1.82, 2.24) is 5.32 Å². The summed E-state index contributed by atoms with van der Waals surface area (Å²) in [5, 5.41) is 3.19. The number of hydrogen-bond donors (Lipinski definition) is 1. The van der Waals surface area contributed by atoms with Crippen LogP contribution in [-0.2, 0) is 0 Å². The Hall–Kier alpha value is -1.55. The van der Waals surface area contributed by atoms with Gasteiger partial charge in [0.05, 0.1) is 13.2 Å². The summed E-state index contributed by atoms with van der Waals surface area (Å²) in [6.45, 7) is 6.84. The number of Topliss-reactive ketones (excluding diaryl/α,β-unsaturated/α-hetero) is 1. The maximum absolute atomic E-state index is 12.3. The maximum Gasteiger partial charge on any atom is 0.167 e. The van der Waals surface area contributed by atoms with Gasteiger partial charge in [-0.25, -0.2) is 0 Å². The number of hydrogen-bond acceptors (Lipinski definition) is 4. The average Bonchev–Trinajstić information content (AvgIpc) is 2.68. The molecule has 1 atom stereocenters. The lowest BCUT2D eigenvalue weighted by Crippen LogP contribution is -2.26. The molecular formula is C15H21NO3. The Labute approximate surface area is 114 Å². The van der Waals surface area contributed by atoms with Crippen molar-refractivity contribution in [2.45, 2.75) is 20.3 Å². The van der Waals surface area contributed by atoms with E-state index < -0.39 is 0 Å². The lowest BCUT2D eigenvalue weighted by molar-refractivity contribution is 0.0929. The number of benzene rings is 1. The number of carbonyl (C=O) groups excluding carboxylic acids is 1. The number of carbonyl (C=O) groups is 1. The third kappa shape index (κ3) is 3.47. The van der Waals surface area contributed by atoms with Crippen LogP contribution in [0, 0.1) is 5.92 Å². The van der Waals surface area contributed by atoms with Gasteiger partial charge in [-0.15, -0.1) is 0 Å². The van der Waals surface area contributed by atoms with E-state index in [9.17, 15) is 4.79 Å². The smallest absolute Gasteiger partial charge is 0.167 e. The van der Waals surface area contributed by atoms with Crippen molar-refractivity contribution in [1.29, 1.82) is 0 Å². The van der Waals surface area contributed by atoms with Crippen molar-refractivity contribution in [3.8, 4) is 11.5 Å². The molecule has 0 fully saturated rings. The van der Waals surface area contributed by atoms with E-state index in [1.54, 1.807) is 6.07 Å². The SMILES string of the molecule is CCNCC(C)C(=O)c1ccc2c(c1)OCCCO2. The molecule has 0 radical (unpaired) electrons. The van der Waals surface area contributed by atoms with E-state index >= 15 is 0 Å². The summed E-state index contributed by atoms with van der Waals surface area (Å²) < 4.78 is 11.2. The summed E-state index contributed by atoms with van der Waals surface area (Å²) in [5.74, 6) is 1.51. The first kappa shape index (κ1) is 13.9. The number of rotatable bonds is 5. The number of nitrogens with one attached hydrogen (secondary N) is 1. The molecule has 104 valence electrons. The highest BCUT2D eigenvalue weighted by Crippen LogP contribution is 2.31. The molecule has 0 bridgehead atoms. The van der Waals surface area contributed by atoms with E-state index in [1.807, 2.05) is 26.0 Å². The first-order valence-corrected chi connectivity index (χ1v) is 6.87. The van der Waals surface area contributed by atoms with Gasteiger partial charge in [0, 0.05) is 24.4 Å². The summed E-state index contributed by atoms with van der Waals surface area (Å²) in [6.07, 6.45) is 0.870. The zero-order chi connectivity index (χ0) is 13.7. The predicted molar refractivity (Wildman–Crippen MR) is 74.1 cm³/mol. The molecule has 0 amide bonds. The van der Waals surface area contributed by atoms with Crippen LogP contribution in [0.25, 0.3) is 0 Å². The van der Waals surface area contributed by atoms with Crippen molar-refractivity contribution < 1.29 is 14.3 Å². The molecule has 1 aromatic rings. The van der Waals surface area contributed by atoms with Crippen LogP contribution in [0.1, 0.15) is 30.6 Å². The highest BCUT2D eigenvalue weighted by molar-refractivity contribution is 5.98. The molecule has 0 saturated carbocycles. The molecule has 0 saturated heterocycles. The molecule has 1 aliphatic heterocycles. The average molecular weight is 263 g/mol. The highest BCUT2D eigenvalue weighted by atomic mass is 16.5. The largest absolute Gasteiger partial charge is 0.490 e. The second-order valence-electron chi connectivity index (χ2n) is 4.78. The summed E-state index contributed by atoms with van der Waals surface area (Å²) >= 11 is 0. The lowest BCUT2D eigenvalue weighted by atomic mass is 9.99. The fourth-order valence-electron chi connectivity index (χ4n) is 2.05. The van der Waals surface area contributed by atoms with Crippen LogP contribution in [0.5, 0.6) is 11.5 Å². The molecule has 4 heteroatoms. The van der Waals surface area contributed by atoms with Gasteiger partial charge in [0.15, 0.2) is 17.3 Å². The topological polar surface area (TPSA) is 47.6 Å². The Balaban J connectivity index is 2.12. The third-order valence-electron chi connectivity index (χ3n) is 3.18. The fraction of sp³-hybridized carbons (Fsp3) is 0.533. The minimum Gasteiger partial charge on any atom is -0.490 e. The minimum atomic E-state index is -0.0373. The monoisotopic (exact) mass is 263 g/mol. The molecule has 2 rings (SSSR count). The molecule has 4 nitrogen and oxygen atoms in total. The molecule has 1 unspecified atom stereocenters. The van der Waals surface area contributed by atoms with Crippen molar-refractivity contribution in [2.75, 3.05) is 26.3 Å². The van der Waals surface area contributed by atoms with E-state index in [4.69, 9.17) is 9.47 Å². The second-order valence-corrected chi connectivity index (χ2v) is 4.78. The molecule has 1 N–H and O–H groups in total. The Morgan fingerprint density at radius 3 is 2.79 bits per heavy atom. The molecular weight excluding hydrogens is 242 g/mol. The molecule has 1 heterocycles. The number of ether oxygens (including phenoxy) is 2. The van der Waals surface area contributed by atoms with Gasteiger partial charge < -0.3 is 14.8 Å². The van der Waals surface area contributed by atoms with Crippen LogP contribution >= 0.6 is 0 Å². The second kappa shape index (κ2) is 6.57. The van der Waals surface area contributed by atoms with Gasteiger partial charge in [-0.05, 0) is 24.7 Å². The quantitative estimate of drug-likeness (QED) is 0.828. The third-order valence-corrected chi connectivity index (χ3v) is 3.18. The summed E-state index contributed by atoms with van der Waals surface area (Å²) in [6, 6.07) is 5.44. The van der Waals surface area contributed by atoms with Crippen LogP contribution in [0.2, 0.25) is 0 Å². The van der Waals surface area contributed by atoms with Gasteiger partial charge in [-0.1, -0.05) is 13.8 Å². The highest BCUT2D eigenvalue weighted by Gasteiger charge is 2.18. The zero-order valence-corrected chi connectivity index (χ0v) is 11.6. The molecule has 1 aromatic carbocycles. The van der Waals surface area contributed by atoms with Gasteiger partial charge in [-0.3, -0.25) is 4.79 Å². The van der Waals surface area contributed by atoms with Gasteiger partial charge in [-0.2, -0.15) is 0 Å². The lowest BCUT2D eigenvalue weighted by Gasteiger charge is -2.13. The molecule has 19 heavy (non-hydrogen) atoms.